The maximum absolute atomic E-state index is 11.5. The average molecular weight is 279 g/mol. The second kappa shape index (κ2) is 8.80. The highest BCUT2D eigenvalue weighted by molar-refractivity contribution is 5.75. The van der Waals surface area contributed by atoms with Crippen LogP contribution in [0.25, 0.3) is 0 Å². The highest BCUT2D eigenvalue weighted by Crippen LogP contribution is 2.19. The predicted octanol–water partition coefficient (Wildman–Crippen LogP) is 2.81. The Kier molecular flexibility index (Phi) is 7.37. The minimum atomic E-state index is 0.203. The number of rotatable bonds is 9. The van der Waals surface area contributed by atoms with Gasteiger partial charge < -0.3 is 14.8 Å². The fourth-order valence-electron chi connectivity index (χ4n) is 2.36. The predicted molar refractivity (Wildman–Crippen MR) is 83.7 cm³/mol. The van der Waals surface area contributed by atoms with Crippen molar-refractivity contribution in [2.24, 2.45) is 0 Å². The van der Waals surface area contributed by atoms with Crippen LogP contribution < -0.4 is 5.32 Å². The van der Waals surface area contributed by atoms with Gasteiger partial charge in [0.2, 0.25) is 5.91 Å². The van der Waals surface area contributed by atoms with Crippen molar-refractivity contribution in [3.05, 3.63) is 24.0 Å². The lowest BCUT2D eigenvalue weighted by molar-refractivity contribution is -0.128. The van der Waals surface area contributed by atoms with Gasteiger partial charge >= 0.3 is 0 Å². The van der Waals surface area contributed by atoms with Crippen LogP contribution in [0.4, 0.5) is 0 Å². The highest BCUT2D eigenvalue weighted by Gasteiger charge is 2.10. The summed E-state index contributed by atoms with van der Waals surface area (Å²) in [5, 5.41) is 3.53. The van der Waals surface area contributed by atoms with Gasteiger partial charge in [0.05, 0.1) is 0 Å². The smallest absolute Gasteiger partial charge is 0.222 e. The molecule has 0 aliphatic heterocycles. The number of nitrogens with zero attached hydrogens (tertiary/aromatic N) is 2. The van der Waals surface area contributed by atoms with E-state index in [4.69, 9.17) is 0 Å². The van der Waals surface area contributed by atoms with Crippen molar-refractivity contribution < 1.29 is 4.79 Å². The van der Waals surface area contributed by atoms with E-state index in [0.29, 0.717) is 12.5 Å². The van der Waals surface area contributed by atoms with E-state index in [1.54, 1.807) is 4.90 Å². The Morgan fingerprint density at radius 2 is 2.15 bits per heavy atom. The molecule has 1 amide bonds. The molecule has 1 aromatic rings. The molecule has 114 valence electrons. The van der Waals surface area contributed by atoms with E-state index in [1.165, 1.54) is 12.0 Å². The number of aryl methyl sites for hydroxylation is 1. The standard InChI is InChI=1S/C16H29N3O/c1-5-8-15(17-6-2)14-10-12-19(13-14)11-7-9-16(20)18(3)4/h10,12-13,15,17H,5-9,11H2,1-4H3. The lowest BCUT2D eigenvalue weighted by Gasteiger charge is -2.15. The van der Waals surface area contributed by atoms with Crippen LogP contribution in [-0.2, 0) is 11.3 Å². The molecule has 1 N–H and O–H groups in total. The zero-order chi connectivity index (χ0) is 15.0. The average Bonchev–Trinajstić information content (AvgIpc) is 2.87. The Labute approximate surface area is 123 Å². The van der Waals surface area contributed by atoms with Crippen molar-refractivity contribution in [2.75, 3.05) is 20.6 Å². The third kappa shape index (κ3) is 5.37. The number of aromatic nitrogens is 1. The van der Waals surface area contributed by atoms with Crippen molar-refractivity contribution in [3.8, 4) is 0 Å². The Bertz CT molecular complexity index is 392. The molecule has 1 unspecified atom stereocenters. The second-order valence-electron chi connectivity index (χ2n) is 5.47. The third-order valence-corrected chi connectivity index (χ3v) is 3.51. The molecule has 0 spiro atoms. The molecule has 0 saturated carbocycles. The lowest BCUT2D eigenvalue weighted by Crippen LogP contribution is -2.21. The maximum atomic E-state index is 11.5. The van der Waals surface area contributed by atoms with Crippen molar-refractivity contribution in [3.63, 3.8) is 0 Å². The first-order valence-corrected chi connectivity index (χ1v) is 7.67. The van der Waals surface area contributed by atoms with Gasteiger partial charge in [-0.05, 0) is 31.0 Å². The van der Waals surface area contributed by atoms with E-state index in [-0.39, 0.29) is 5.91 Å². The van der Waals surface area contributed by atoms with Gasteiger partial charge in [-0.2, -0.15) is 0 Å². The van der Waals surface area contributed by atoms with Crippen LogP contribution in [0.3, 0.4) is 0 Å². The van der Waals surface area contributed by atoms with Gasteiger partial charge in [0.1, 0.15) is 0 Å². The van der Waals surface area contributed by atoms with Crippen molar-refractivity contribution >= 4 is 5.91 Å². The lowest BCUT2D eigenvalue weighted by atomic mass is 10.1. The summed E-state index contributed by atoms with van der Waals surface area (Å²) in [7, 11) is 3.61. The first-order valence-electron chi connectivity index (χ1n) is 7.67. The Morgan fingerprint density at radius 3 is 2.75 bits per heavy atom. The van der Waals surface area contributed by atoms with Gasteiger partial charge in [0.15, 0.2) is 0 Å². The summed E-state index contributed by atoms with van der Waals surface area (Å²) in [6.07, 6.45) is 8.19. The van der Waals surface area contributed by atoms with Gasteiger partial charge in [0.25, 0.3) is 0 Å². The molecule has 0 aliphatic rings. The van der Waals surface area contributed by atoms with E-state index < -0.39 is 0 Å². The summed E-state index contributed by atoms with van der Waals surface area (Å²) in [4.78, 5) is 13.2. The molecule has 1 atom stereocenters. The van der Waals surface area contributed by atoms with Crippen LogP contribution in [0, 0.1) is 0 Å². The molecule has 0 bridgehead atoms. The quantitative estimate of drug-likeness (QED) is 0.754. The van der Waals surface area contributed by atoms with Crippen LogP contribution in [0.1, 0.15) is 51.1 Å². The Balaban J connectivity index is 2.47. The van der Waals surface area contributed by atoms with E-state index in [2.05, 4.69) is 42.2 Å². The molecular weight excluding hydrogens is 250 g/mol. The van der Waals surface area contributed by atoms with Crippen LogP contribution in [0.5, 0.6) is 0 Å². The van der Waals surface area contributed by atoms with Crippen molar-refractivity contribution in [2.45, 2.75) is 52.1 Å². The number of amides is 1. The van der Waals surface area contributed by atoms with Crippen LogP contribution in [-0.4, -0.2) is 36.0 Å². The second-order valence-corrected chi connectivity index (χ2v) is 5.47. The molecule has 1 rings (SSSR count). The molecule has 1 heterocycles. The summed E-state index contributed by atoms with van der Waals surface area (Å²) in [6.45, 7) is 6.26. The number of carbonyl (C=O) groups excluding carboxylic acids is 1. The third-order valence-electron chi connectivity index (χ3n) is 3.51. The molecule has 4 nitrogen and oxygen atoms in total. The largest absolute Gasteiger partial charge is 0.354 e. The fourth-order valence-corrected chi connectivity index (χ4v) is 2.36. The Hall–Kier alpha value is -1.29. The molecule has 0 aliphatic carbocycles. The molecule has 4 heteroatoms. The number of hydrogen-bond donors (Lipinski definition) is 1. The Morgan fingerprint density at radius 1 is 1.40 bits per heavy atom. The molecule has 0 saturated heterocycles. The normalized spacial score (nSPS) is 12.4. The molecular formula is C16H29N3O. The molecule has 0 radical (unpaired) electrons. The van der Waals surface area contributed by atoms with Gasteiger partial charge in [-0.3, -0.25) is 4.79 Å². The minimum absolute atomic E-state index is 0.203. The fraction of sp³-hybridized carbons (Fsp3) is 0.688. The number of hydrogen-bond acceptors (Lipinski definition) is 2. The van der Waals surface area contributed by atoms with E-state index >= 15 is 0 Å². The van der Waals surface area contributed by atoms with E-state index in [1.807, 2.05) is 14.1 Å². The zero-order valence-electron chi connectivity index (χ0n) is 13.4. The summed E-state index contributed by atoms with van der Waals surface area (Å²) >= 11 is 0. The topological polar surface area (TPSA) is 37.3 Å². The van der Waals surface area contributed by atoms with Gasteiger partial charge in [0, 0.05) is 45.5 Å². The van der Waals surface area contributed by atoms with Crippen molar-refractivity contribution in [1.82, 2.24) is 14.8 Å². The molecule has 20 heavy (non-hydrogen) atoms. The zero-order valence-corrected chi connectivity index (χ0v) is 13.4. The van der Waals surface area contributed by atoms with Gasteiger partial charge in [-0.1, -0.05) is 20.3 Å². The van der Waals surface area contributed by atoms with Crippen LogP contribution in [0.2, 0.25) is 0 Å². The van der Waals surface area contributed by atoms with Crippen LogP contribution >= 0.6 is 0 Å². The van der Waals surface area contributed by atoms with E-state index in [0.717, 1.165) is 25.9 Å². The van der Waals surface area contributed by atoms with E-state index in [9.17, 15) is 4.79 Å². The first kappa shape index (κ1) is 16.8. The molecule has 0 fully saturated rings. The first-order chi connectivity index (χ1) is 9.58. The summed E-state index contributed by atoms with van der Waals surface area (Å²) in [6, 6.07) is 2.64. The monoisotopic (exact) mass is 279 g/mol. The minimum Gasteiger partial charge on any atom is -0.354 e. The SMILES string of the molecule is CCCC(NCC)c1ccn(CCCC(=O)N(C)C)c1. The van der Waals surface area contributed by atoms with Crippen molar-refractivity contribution in [1.29, 1.82) is 0 Å². The van der Waals surface area contributed by atoms with Gasteiger partial charge in [-0.15, -0.1) is 0 Å². The number of carbonyl (C=O) groups is 1. The molecule has 0 aromatic carbocycles. The summed E-state index contributed by atoms with van der Waals surface area (Å²) in [5.41, 5.74) is 1.35. The number of nitrogens with one attached hydrogen (secondary N) is 1. The van der Waals surface area contributed by atoms with Crippen LogP contribution in [0.15, 0.2) is 18.5 Å². The van der Waals surface area contributed by atoms with Gasteiger partial charge in [-0.25, -0.2) is 0 Å². The summed E-state index contributed by atoms with van der Waals surface area (Å²) < 4.78 is 2.19. The highest BCUT2D eigenvalue weighted by atomic mass is 16.2. The molecule has 1 aromatic heterocycles. The summed E-state index contributed by atoms with van der Waals surface area (Å²) in [5.74, 6) is 0.203. The maximum Gasteiger partial charge on any atom is 0.222 e.